The monoisotopic (exact) mass is 902 g/mol. The molecule has 1 aromatic carbocycles. The maximum absolute atomic E-state index is 13.0. The van der Waals surface area contributed by atoms with Crippen molar-refractivity contribution in [1.29, 1.82) is 0 Å². The van der Waals surface area contributed by atoms with Crippen LogP contribution in [0.4, 0.5) is 11.4 Å². The highest BCUT2D eigenvalue weighted by atomic mass is 16.5. The van der Waals surface area contributed by atoms with Crippen LogP contribution >= 0.6 is 0 Å². The van der Waals surface area contributed by atoms with Crippen LogP contribution in [0.1, 0.15) is 259 Å². The lowest BCUT2D eigenvalue weighted by molar-refractivity contribution is -0.150. The first kappa shape index (κ1) is 59.6. The Morgan fingerprint density at radius 1 is 0.516 bits per heavy atom. The first-order valence-electron chi connectivity index (χ1n) is 27.5. The van der Waals surface area contributed by atoms with Crippen molar-refractivity contribution in [3.05, 3.63) is 20.4 Å². The van der Waals surface area contributed by atoms with Crippen LogP contribution in [-0.2, 0) is 19.1 Å². The minimum atomic E-state index is -0.439. The Morgan fingerprint density at radius 3 is 1.56 bits per heavy atom. The molecule has 9 nitrogen and oxygen atoms in total. The van der Waals surface area contributed by atoms with E-state index in [2.05, 4.69) is 50.2 Å². The molecule has 64 heavy (non-hydrogen) atoms. The van der Waals surface area contributed by atoms with Crippen molar-refractivity contribution in [1.82, 2.24) is 4.90 Å². The van der Waals surface area contributed by atoms with Gasteiger partial charge in [0.2, 0.25) is 0 Å². The third-order valence-electron chi connectivity index (χ3n) is 13.4. The van der Waals surface area contributed by atoms with Crippen LogP contribution in [0.5, 0.6) is 0 Å². The summed E-state index contributed by atoms with van der Waals surface area (Å²) < 4.78 is 11.8. The Bertz CT molecular complexity index is 1300. The van der Waals surface area contributed by atoms with Gasteiger partial charge in [0, 0.05) is 26.4 Å². The number of nitrogens with zero attached hydrogens (tertiary/aromatic N) is 1. The first-order valence-corrected chi connectivity index (χ1v) is 27.5. The second kappa shape index (κ2) is 42.0. The lowest BCUT2D eigenvalue weighted by Crippen LogP contribution is -2.37. The molecular weight excluding hydrogens is 799 g/mol. The molecule has 0 spiro atoms. The quantitative estimate of drug-likeness (QED) is 0.0375. The van der Waals surface area contributed by atoms with Crippen molar-refractivity contribution in [3.8, 4) is 0 Å². The second-order valence-electron chi connectivity index (χ2n) is 19.5. The third-order valence-corrected chi connectivity index (χ3v) is 13.4. The highest BCUT2D eigenvalue weighted by Gasteiger charge is 2.20. The van der Waals surface area contributed by atoms with Gasteiger partial charge in [0.1, 0.15) is 17.5 Å². The van der Waals surface area contributed by atoms with Gasteiger partial charge in [-0.3, -0.25) is 19.2 Å². The average Bonchev–Trinajstić information content (AvgIpc) is 3.28. The van der Waals surface area contributed by atoms with Gasteiger partial charge in [-0.1, -0.05) is 189 Å². The van der Waals surface area contributed by atoms with Gasteiger partial charge in [-0.2, -0.15) is 0 Å². The molecule has 0 aromatic heterocycles. The van der Waals surface area contributed by atoms with Crippen LogP contribution in [0.2, 0.25) is 0 Å². The highest BCUT2D eigenvalue weighted by Crippen LogP contribution is 2.23. The molecule has 1 unspecified atom stereocenters. The summed E-state index contributed by atoms with van der Waals surface area (Å²) in [6.45, 7) is 15.6. The summed E-state index contributed by atoms with van der Waals surface area (Å²) in [4.78, 5) is 51.8. The van der Waals surface area contributed by atoms with E-state index in [1.807, 2.05) is 0 Å². The zero-order valence-electron chi connectivity index (χ0n) is 42.9. The van der Waals surface area contributed by atoms with Gasteiger partial charge in [0.25, 0.3) is 10.9 Å². The summed E-state index contributed by atoms with van der Waals surface area (Å²) in [7, 11) is 1.67. The number of ether oxygens (including phenoxy) is 2. The molecule has 0 aliphatic heterocycles. The van der Waals surface area contributed by atoms with Crippen molar-refractivity contribution >= 4 is 23.3 Å². The SMILES string of the molecule is CCCCCCCCC(C[C@H](C)CCCCCC)OC(=O)CCCCCCCN(CCCCCCCC(=O)OCCC(CCCCC)CCCCC)CCCNc1c(NC)c(=O)c1=O. The van der Waals surface area contributed by atoms with E-state index < -0.39 is 10.9 Å². The van der Waals surface area contributed by atoms with Crippen LogP contribution in [-0.4, -0.2) is 62.8 Å². The van der Waals surface area contributed by atoms with E-state index in [4.69, 9.17) is 9.47 Å². The largest absolute Gasteiger partial charge is 0.466 e. The number of nitrogens with one attached hydrogen (secondary N) is 2. The fourth-order valence-corrected chi connectivity index (χ4v) is 9.24. The number of carbonyl (C=O) groups is 2. The predicted molar refractivity (Wildman–Crippen MR) is 274 cm³/mol. The molecule has 0 heterocycles. The Labute approximate surface area is 394 Å². The molecule has 2 N–H and O–H groups in total. The van der Waals surface area contributed by atoms with Crippen molar-refractivity contribution in [3.63, 3.8) is 0 Å². The fraction of sp³-hybridized carbons (Fsp3) is 0.891. The van der Waals surface area contributed by atoms with Crippen molar-refractivity contribution in [2.24, 2.45) is 11.8 Å². The van der Waals surface area contributed by atoms with Crippen molar-refractivity contribution in [2.75, 3.05) is 50.5 Å². The Balaban J connectivity index is 2.45. The highest BCUT2D eigenvalue weighted by molar-refractivity contribution is 5.73. The molecule has 0 bridgehead atoms. The molecule has 0 radical (unpaired) electrons. The Hall–Kier alpha value is -2.42. The zero-order chi connectivity index (χ0) is 46.9. The summed E-state index contributed by atoms with van der Waals surface area (Å²) in [5, 5.41) is 6.03. The number of rotatable bonds is 48. The summed E-state index contributed by atoms with van der Waals surface area (Å²) in [6, 6.07) is 0. The van der Waals surface area contributed by atoms with Crippen LogP contribution in [0, 0.1) is 11.8 Å². The van der Waals surface area contributed by atoms with E-state index in [1.54, 1.807) is 7.05 Å². The lowest BCUT2D eigenvalue weighted by atomic mass is 9.92. The number of carbonyl (C=O) groups excluding carboxylic acids is 2. The standard InChI is InChI=1S/C55H103N3O6/c1-7-11-15-17-20-28-37-49(46-47(5)34-27-16-12-8-2)64-51(60)39-30-22-19-24-32-43-58(44-33-41-57-53-52(56-6)54(61)55(53)62)42-31-23-18-21-29-38-50(59)63-45-40-48(35-25-13-9-3)36-26-14-10-4/h47-49,56-57H,7-46H2,1-6H3/t47-,49?/m1/s1. The van der Waals surface area contributed by atoms with Gasteiger partial charge >= 0.3 is 11.9 Å². The topological polar surface area (TPSA) is 114 Å². The van der Waals surface area contributed by atoms with Crippen LogP contribution < -0.4 is 21.5 Å². The summed E-state index contributed by atoms with van der Waals surface area (Å²) in [5.74, 6) is 1.25. The molecule has 0 fully saturated rings. The Morgan fingerprint density at radius 2 is 0.969 bits per heavy atom. The lowest BCUT2D eigenvalue weighted by Gasteiger charge is -2.23. The first-order chi connectivity index (χ1) is 31.2. The number of esters is 2. The fourth-order valence-electron chi connectivity index (χ4n) is 9.24. The molecule has 0 aliphatic carbocycles. The van der Waals surface area contributed by atoms with Crippen LogP contribution in [0.3, 0.4) is 0 Å². The number of hydrogen-bond donors (Lipinski definition) is 2. The molecule has 0 aliphatic rings. The van der Waals surface area contributed by atoms with E-state index in [1.165, 1.54) is 116 Å². The smallest absolute Gasteiger partial charge is 0.306 e. The van der Waals surface area contributed by atoms with E-state index in [0.717, 1.165) is 116 Å². The van der Waals surface area contributed by atoms with Gasteiger partial charge in [-0.25, -0.2) is 0 Å². The van der Waals surface area contributed by atoms with Gasteiger partial charge < -0.3 is 25.0 Å². The Kier molecular flexibility index (Phi) is 39.1. The van der Waals surface area contributed by atoms with E-state index in [9.17, 15) is 19.2 Å². The van der Waals surface area contributed by atoms with Crippen LogP contribution in [0.15, 0.2) is 9.59 Å². The summed E-state index contributed by atoms with van der Waals surface area (Å²) in [6.07, 6.45) is 39.9. The van der Waals surface area contributed by atoms with E-state index in [0.29, 0.717) is 49.2 Å². The van der Waals surface area contributed by atoms with Gasteiger partial charge in [0.15, 0.2) is 0 Å². The number of anilines is 2. The van der Waals surface area contributed by atoms with Gasteiger partial charge in [0.05, 0.1) is 6.61 Å². The summed E-state index contributed by atoms with van der Waals surface area (Å²) >= 11 is 0. The van der Waals surface area contributed by atoms with Crippen LogP contribution in [0.25, 0.3) is 0 Å². The molecule has 2 atom stereocenters. The van der Waals surface area contributed by atoms with E-state index in [-0.39, 0.29) is 18.0 Å². The third kappa shape index (κ3) is 31.5. The molecule has 0 saturated heterocycles. The van der Waals surface area contributed by atoms with Crippen molar-refractivity contribution < 1.29 is 19.1 Å². The normalized spacial score (nSPS) is 12.6. The molecular formula is C55H103N3O6. The zero-order valence-corrected chi connectivity index (χ0v) is 42.9. The maximum Gasteiger partial charge on any atom is 0.306 e. The minimum absolute atomic E-state index is 0.00543. The summed E-state index contributed by atoms with van der Waals surface area (Å²) in [5.41, 5.74) is -0.0571. The average molecular weight is 902 g/mol. The van der Waals surface area contributed by atoms with Gasteiger partial charge in [-0.05, 0) is 89.3 Å². The van der Waals surface area contributed by atoms with E-state index >= 15 is 0 Å². The number of unbranched alkanes of at least 4 members (excludes halogenated alkanes) is 20. The predicted octanol–water partition coefficient (Wildman–Crippen LogP) is 14.5. The molecule has 0 saturated carbocycles. The number of hydrogen-bond acceptors (Lipinski definition) is 9. The molecule has 374 valence electrons. The minimum Gasteiger partial charge on any atom is -0.466 e. The molecule has 1 aromatic rings. The van der Waals surface area contributed by atoms with Crippen molar-refractivity contribution in [2.45, 2.75) is 265 Å². The molecule has 0 amide bonds. The maximum atomic E-state index is 13.0. The molecule has 9 heteroatoms. The second-order valence-corrected chi connectivity index (χ2v) is 19.5. The molecule has 1 rings (SSSR count). The van der Waals surface area contributed by atoms with Gasteiger partial charge in [-0.15, -0.1) is 0 Å².